The Balaban J connectivity index is 2.45. The van der Waals surface area contributed by atoms with Gasteiger partial charge < -0.3 is 19.1 Å². The van der Waals surface area contributed by atoms with Crippen LogP contribution in [-0.2, 0) is 20.8 Å². The van der Waals surface area contributed by atoms with E-state index < -0.39 is 29.4 Å². The van der Waals surface area contributed by atoms with Crippen molar-refractivity contribution in [2.45, 2.75) is 66.2 Å². The number of anilines is 1. The van der Waals surface area contributed by atoms with Gasteiger partial charge >= 0.3 is 18.2 Å². The van der Waals surface area contributed by atoms with Crippen LogP contribution in [0.15, 0.2) is 24.3 Å². The summed E-state index contributed by atoms with van der Waals surface area (Å²) in [5.74, 6) is -0.581. The number of carboxylic acids is 1. The van der Waals surface area contributed by atoms with Crippen molar-refractivity contribution >= 4 is 53.1 Å². The maximum absolute atomic E-state index is 12.9. The van der Waals surface area contributed by atoms with Gasteiger partial charge in [-0.1, -0.05) is 29.3 Å². The minimum atomic E-state index is -1.13. The van der Waals surface area contributed by atoms with Crippen LogP contribution >= 0.6 is 23.2 Å². The molecule has 0 fully saturated rings. The number of imidazole rings is 1. The highest BCUT2D eigenvalue weighted by Gasteiger charge is 2.33. The van der Waals surface area contributed by atoms with Crippen LogP contribution in [0.5, 0.6) is 0 Å². The van der Waals surface area contributed by atoms with Gasteiger partial charge in [0.15, 0.2) is 5.15 Å². The fourth-order valence-corrected chi connectivity index (χ4v) is 3.45. The normalized spacial score (nSPS) is 12.0. The predicted molar refractivity (Wildman–Crippen MR) is 134 cm³/mol. The van der Waals surface area contributed by atoms with E-state index in [9.17, 15) is 14.4 Å². The number of carbonyl (C=O) groups excluding carboxylic acids is 2. The number of amides is 2. The van der Waals surface area contributed by atoms with Crippen LogP contribution in [0.3, 0.4) is 0 Å². The zero-order chi connectivity index (χ0) is 26.7. The molecule has 1 aromatic heterocycles. The Morgan fingerprint density at radius 1 is 1.06 bits per heavy atom. The van der Waals surface area contributed by atoms with Crippen molar-refractivity contribution in [3.63, 3.8) is 0 Å². The third-order valence-electron chi connectivity index (χ3n) is 4.31. The van der Waals surface area contributed by atoms with E-state index in [4.69, 9.17) is 37.8 Å². The molecule has 9 nitrogen and oxygen atoms in total. The van der Waals surface area contributed by atoms with Gasteiger partial charge in [-0.05, 0) is 72.2 Å². The van der Waals surface area contributed by atoms with Crippen molar-refractivity contribution in [3.8, 4) is 0 Å². The second-order valence-electron chi connectivity index (χ2n) is 9.66. The van der Waals surface area contributed by atoms with Crippen LogP contribution in [-0.4, -0.2) is 44.0 Å². The molecule has 2 rings (SSSR count). The van der Waals surface area contributed by atoms with Gasteiger partial charge in [0.1, 0.15) is 17.0 Å². The molecule has 1 N–H and O–H groups in total. The number of rotatable bonds is 5. The van der Waals surface area contributed by atoms with E-state index >= 15 is 0 Å². The molecule has 11 heteroatoms. The zero-order valence-corrected chi connectivity index (χ0v) is 22.2. The van der Waals surface area contributed by atoms with Gasteiger partial charge in [-0.25, -0.2) is 19.4 Å². The third kappa shape index (κ3) is 8.00. The summed E-state index contributed by atoms with van der Waals surface area (Å²) in [6, 6.07) is 4.62. The van der Waals surface area contributed by atoms with Gasteiger partial charge in [-0.2, -0.15) is 4.90 Å². The number of halogens is 2. The van der Waals surface area contributed by atoms with E-state index in [-0.39, 0.29) is 22.4 Å². The van der Waals surface area contributed by atoms with Crippen molar-refractivity contribution in [1.82, 2.24) is 9.55 Å². The summed E-state index contributed by atoms with van der Waals surface area (Å²) in [7, 11) is 0. The van der Waals surface area contributed by atoms with Crippen molar-refractivity contribution in [2.24, 2.45) is 0 Å². The summed E-state index contributed by atoms with van der Waals surface area (Å²) in [6.07, 6.45) is 0.491. The van der Waals surface area contributed by atoms with Gasteiger partial charge in [-0.15, -0.1) is 0 Å². The van der Waals surface area contributed by atoms with Crippen LogP contribution in [0.25, 0.3) is 6.08 Å². The minimum Gasteiger partial charge on any atom is -0.478 e. The molecule has 2 aromatic rings. The lowest BCUT2D eigenvalue weighted by Crippen LogP contribution is -2.43. The molecule has 2 amide bonds. The largest absolute Gasteiger partial charge is 0.478 e. The number of hydrogen-bond acceptors (Lipinski definition) is 6. The smallest absolute Gasteiger partial charge is 0.424 e. The molecule has 0 bridgehead atoms. The number of aromatic nitrogens is 2. The van der Waals surface area contributed by atoms with Crippen LogP contribution < -0.4 is 4.90 Å². The van der Waals surface area contributed by atoms with Crippen LogP contribution in [0.2, 0.25) is 10.2 Å². The van der Waals surface area contributed by atoms with E-state index in [1.54, 1.807) is 59.1 Å². The Morgan fingerprint density at radius 2 is 1.60 bits per heavy atom. The number of hydrogen-bond donors (Lipinski definition) is 1. The van der Waals surface area contributed by atoms with Crippen molar-refractivity contribution in [3.05, 3.63) is 51.5 Å². The molecule has 0 atom stereocenters. The molecule has 1 heterocycles. The number of nitrogens with zero attached hydrogens (tertiary/aromatic N) is 3. The first kappa shape index (κ1) is 28.2. The highest BCUT2D eigenvalue weighted by molar-refractivity contribution is 6.32. The Bertz CT molecular complexity index is 1130. The second kappa shape index (κ2) is 10.7. The zero-order valence-electron chi connectivity index (χ0n) is 20.7. The maximum atomic E-state index is 12.9. The third-order valence-corrected chi connectivity index (χ3v) is 4.94. The maximum Gasteiger partial charge on any atom is 0.424 e. The average molecular weight is 526 g/mol. The molecule has 0 aliphatic carbocycles. The number of benzene rings is 1. The Morgan fingerprint density at radius 3 is 2.06 bits per heavy atom. The lowest BCUT2D eigenvalue weighted by molar-refractivity contribution is -0.131. The number of carbonyl (C=O) groups is 3. The first-order chi connectivity index (χ1) is 16.0. The van der Waals surface area contributed by atoms with Crippen molar-refractivity contribution < 1.29 is 29.0 Å². The predicted octanol–water partition coefficient (Wildman–Crippen LogP) is 6.32. The van der Waals surface area contributed by atoms with E-state index in [1.165, 1.54) is 18.2 Å². The molecule has 35 heavy (non-hydrogen) atoms. The highest BCUT2D eigenvalue weighted by Crippen LogP contribution is 2.29. The monoisotopic (exact) mass is 525 g/mol. The summed E-state index contributed by atoms with van der Waals surface area (Å²) in [4.78, 5) is 41.6. The Kier molecular flexibility index (Phi) is 8.62. The molecule has 0 aliphatic heterocycles. The molecule has 0 spiro atoms. The van der Waals surface area contributed by atoms with E-state index in [0.29, 0.717) is 17.1 Å². The lowest BCUT2D eigenvalue weighted by Gasteiger charge is -2.28. The summed E-state index contributed by atoms with van der Waals surface area (Å²) in [6.45, 7) is 12.0. The average Bonchev–Trinajstić information content (AvgIpc) is 2.91. The van der Waals surface area contributed by atoms with Gasteiger partial charge in [0, 0.05) is 11.1 Å². The van der Waals surface area contributed by atoms with Crippen molar-refractivity contribution in [2.75, 3.05) is 4.90 Å². The van der Waals surface area contributed by atoms with Crippen LogP contribution in [0, 0.1) is 6.92 Å². The van der Waals surface area contributed by atoms with Crippen LogP contribution in [0.1, 0.15) is 58.6 Å². The molecule has 0 saturated heterocycles. The summed E-state index contributed by atoms with van der Waals surface area (Å²) in [5.41, 5.74) is -0.520. The van der Waals surface area contributed by atoms with E-state index in [0.717, 1.165) is 11.0 Å². The Labute approximate surface area is 214 Å². The molecular weight excluding hydrogens is 497 g/mol. The number of ether oxygens (including phenoxy) is 2. The molecule has 190 valence electrons. The molecule has 0 radical (unpaired) electrons. The second-order valence-corrected chi connectivity index (χ2v) is 10.4. The van der Waals surface area contributed by atoms with Crippen molar-refractivity contribution in [1.29, 1.82) is 0 Å². The van der Waals surface area contributed by atoms with Gasteiger partial charge in [0.2, 0.25) is 0 Å². The van der Waals surface area contributed by atoms with E-state index in [2.05, 4.69) is 4.98 Å². The SMILES string of the molecule is Cc1nc(Cl)c(C=CC(=O)O)n1Cc1ccc(N(C(=O)OC(C)(C)C)C(=O)OC(C)(C)C)cc1Cl. The number of carboxylic acid groups (broad SMARTS) is 1. The standard InChI is InChI=1S/C24H29Cl2N3O6/c1-14-27-20(26)18(10-11-19(30)31)28(14)13-15-8-9-16(12-17(15)25)29(21(32)34-23(2,3)4)22(33)35-24(5,6)7/h8-12H,13H2,1-7H3,(H,30,31). The van der Waals surface area contributed by atoms with Gasteiger partial charge in [0.05, 0.1) is 17.9 Å². The molecule has 1 aromatic carbocycles. The quantitative estimate of drug-likeness (QED) is 0.454. The number of aryl methyl sites for hydroxylation is 1. The van der Waals surface area contributed by atoms with E-state index in [1.807, 2.05) is 0 Å². The minimum absolute atomic E-state index is 0.147. The highest BCUT2D eigenvalue weighted by atomic mass is 35.5. The molecule has 0 unspecified atom stereocenters. The van der Waals surface area contributed by atoms with Crippen LogP contribution in [0.4, 0.5) is 15.3 Å². The topological polar surface area (TPSA) is 111 Å². The Hall–Kier alpha value is -3.04. The summed E-state index contributed by atoms with van der Waals surface area (Å²) < 4.78 is 12.5. The molecule has 0 saturated carbocycles. The first-order valence-electron chi connectivity index (χ1n) is 10.7. The van der Waals surface area contributed by atoms with Gasteiger partial charge in [-0.3, -0.25) is 0 Å². The summed E-state index contributed by atoms with van der Waals surface area (Å²) in [5, 5.41) is 9.34. The first-order valence-corrected chi connectivity index (χ1v) is 11.4. The molecule has 0 aliphatic rings. The summed E-state index contributed by atoms with van der Waals surface area (Å²) >= 11 is 12.7. The lowest BCUT2D eigenvalue weighted by atomic mass is 10.1. The fourth-order valence-electron chi connectivity index (χ4n) is 2.93. The number of aliphatic carboxylic acids is 1. The molecular formula is C24H29Cl2N3O6. The fraction of sp³-hybridized carbons (Fsp3) is 0.417. The number of imide groups is 1. The van der Waals surface area contributed by atoms with Gasteiger partial charge in [0.25, 0.3) is 0 Å².